The van der Waals surface area contributed by atoms with E-state index in [4.69, 9.17) is 0 Å². The van der Waals surface area contributed by atoms with Crippen LogP contribution in [0.15, 0.2) is 115 Å². The van der Waals surface area contributed by atoms with Crippen molar-refractivity contribution >= 4 is 43.6 Å². The van der Waals surface area contributed by atoms with Crippen LogP contribution in [0.1, 0.15) is 27.7 Å². The van der Waals surface area contributed by atoms with E-state index in [9.17, 15) is 0 Å². The zero-order valence-electron chi connectivity index (χ0n) is 21.4. The van der Waals surface area contributed by atoms with E-state index in [-0.39, 0.29) is 0 Å². The van der Waals surface area contributed by atoms with Crippen molar-refractivity contribution in [2.45, 2.75) is 27.7 Å². The first kappa shape index (κ1) is 23.4. The van der Waals surface area contributed by atoms with Gasteiger partial charge in [-0.05, 0) is 59.7 Å². The van der Waals surface area contributed by atoms with E-state index in [1.807, 2.05) is 27.7 Å². The monoisotopic (exact) mass is 468 g/mol. The first-order valence-electron chi connectivity index (χ1n) is 13.0. The Bertz CT molecular complexity index is 1770. The Morgan fingerprint density at radius 2 is 1.00 bits per heavy atom. The number of rotatable bonds is 2. The van der Waals surface area contributed by atoms with Crippen LogP contribution >= 0.6 is 0 Å². The lowest BCUT2D eigenvalue weighted by molar-refractivity contribution is 1.18. The molecule has 2 heteroatoms. The van der Waals surface area contributed by atoms with Crippen LogP contribution in [-0.2, 0) is 0 Å². The fraction of sp³-hybridized carbons (Fsp3) is 0.118. The molecule has 36 heavy (non-hydrogen) atoms. The van der Waals surface area contributed by atoms with E-state index in [0.29, 0.717) is 0 Å². The van der Waals surface area contributed by atoms with Crippen molar-refractivity contribution in [3.05, 3.63) is 115 Å². The van der Waals surface area contributed by atoms with Gasteiger partial charge in [-0.15, -0.1) is 0 Å². The molecule has 0 aliphatic heterocycles. The van der Waals surface area contributed by atoms with Gasteiger partial charge in [0.15, 0.2) is 0 Å². The van der Waals surface area contributed by atoms with Crippen molar-refractivity contribution in [1.29, 1.82) is 0 Å². The fourth-order valence-electron chi connectivity index (χ4n) is 5.04. The van der Waals surface area contributed by atoms with Crippen LogP contribution in [0.25, 0.3) is 60.4 Å². The fourth-order valence-corrected chi connectivity index (χ4v) is 5.04. The Balaban J connectivity index is 0.000000637. The maximum absolute atomic E-state index is 3.53. The van der Waals surface area contributed by atoms with Gasteiger partial charge in [-0.3, -0.25) is 0 Å². The van der Waals surface area contributed by atoms with Crippen LogP contribution < -0.4 is 0 Å². The van der Waals surface area contributed by atoms with Gasteiger partial charge in [-0.1, -0.05) is 94.4 Å². The van der Waals surface area contributed by atoms with Crippen LogP contribution in [0.2, 0.25) is 0 Å². The first-order valence-corrected chi connectivity index (χ1v) is 13.0. The molecule has 5 aromatic carbocycles. The van der Waals surface area contributed by atoms with Gasteiger partial charge >= 0.3 is 0 Å². The number of H-pyrrole nitrogens is 1. The summed E-state index contributed by atoms with van der Waals surface area (Å²) in [6.45, 7) is 8.00. The number of benzene rings is 5. The first-order chi connectivity index (χ1) is 17.9. The van der Waals surface area contributed by atoms with Crippen LogP contribution in [0.3, 0.4) is 0 Å². The number of hydrogen-bond donors (Lipinski definition) is 1. The summed E-state index contributed by atoms with van der Waals surface area (Å²) >= 11 is 0. The number of para-hydroxylation sites is 3. The van der Waals surface area contributed by atoms with Crippen LogP contribution in [0.4, 0.5) is 0 Å². The summed E-state index contributed by atoms with van der Waals surface area (Å²) in [5.41, 5.74) is 8.48. The second kappa shape index (κ2) is 10.1. The molecule has 178 valence electrons. The number of aromatic nitrogens is 2. The van der Waals surface area contributed by atoms with Gasteiger partial charge < -0.3 is 9.55 Å². The van der Waals surface area contributed by atoms with Gasteiger partial charge in [0.25, 0.3) is 0 Å². The highest BCUT2D eigenvalue weighted by atomic mass is 15.0. The Kier molecular flexibility index (Phi) is 6.60. The smallest absolute Gasteiger partial charge is 0.0541 e. The van der Waals surface area contributed by atoms with E-state index in [1.165, 1.54) is 60.4 Å². The maximum atomic E-state index is 3.53. The normalized spacial score (nSPS) is 10.8. The molecule has 0 aliphatic carbocycles. The summed E-state index contributed by atoms with van der Waals surface area (Å²) in [5, 5.41) is 5.10. The largest absolute Gasteiger partial charge is 0.355 e. The third kappa shape index (κ3) is 3.85. The predicted molar refractivity (Wildman–Crippen MR) is 158 cm³/mol. The second-order valence-electron chi connectivity index (χ2n) is 8.35. The summed E-state index contributed by atoms with van der Waals surface area (Å²) in [6, 6.07) is 41.4. The minimum Gasteiger partial charge on any atom is -0.355 e. The number of aromatic amines is 1. The number of fused-ring (bicyclic) bond motifs is 6. The molecule has 1 N–H and O–H groups in total. The zero-order chi connectivity index (χ0) is 25.1. The highest BCUT2D eigenvalue weighted by Gasteiger charge is 2.13. The van der Waals surface area contributed by atoms with Crippen molar-refractivity contribution in [3.63, 3.8) is 0 Å². The second-order valence-corrected chi connectivity index (χ2v) is 8.35. The molecule has 0 atom stereocenters. The van der Waals surface area contributed by atoms with Crippen LogP contribution in [0.5, 0.6) is 0 Å². The summed E-state index contributed by atoms with van der Waals surface area (Å²) in [4.78, 5) is 3.53. The van der Waals surface area contributed by atoms with Crippen molar-refractivity contribution in [2.24, 2.45) is 0 Å². The number of nitrogens with zero attached hydrogens (tertiary/aromatic N) is 1. The van der Waals surface area contributed by atoms with Gasteiger partial charge in [0.1, 0.15) is 0 Å². The average Bonchev–Trinajstić information content (AvgIpc) is 3.50. The highest BCUT2D eigenvalue weighted by molar-refractivity contribution is 6.11. The van der Waals surface area contributed by atoms with E-state index < -0.39 is 0 Å². The molecule has 0 bridgehead atoms. The Hall–Kier alpha value is -4.30. The van der Waals surface area contributed by atoms with Gasteiger partial charge in [-0.25, -0.2) is 0 Å². The average molecular weight is 469 g/mol. The van der Waals surface area contributed by atoms with Crippen molar-refractivity contribution < 1.29 is 0 Å². The van der Waals surface area contributed by atoms with Crippen LogP contribution in [-0.4, -0.2) is 9.55 Å². The molecular formula is C34H32N2. The molecule has 0 fully saturated rings. The number of hydrogen-bond acceptors (Lipinski definition) is 0. The minimum atomic E-state index is 1.18. The van der Waals surface area contributed by atoms with E-state index >= 15 is 0 Å². The lowest BCUT2D eigenvalue weighted by atomic mass is 10.0. The molecule has 7 aromatic rings. The maximum Gasteiger partial charge on any atom is 0.0541 e. The molecular weight excluding hydrogens is 436 g/mol. The molecule has 0 spiro atoms. The van der Waals surface area contributed by atoms with Gasteiger partial charge in [0.2, 0.25) is 0 Å². The highest BCUT2D eigenvalue weighted by Crippen LogP contribution is 2.36. The van der Waals surface area contributed by atoms with Crippen molar-refractivity contribution in [3.8, 4) is 16.8 Å². The molecule has 0 saturated heterocycles. The van der Waals surface area contributed by atoms with E-state index in [1.54, 1.807) is 0 Å². The predicted octanol–water partition coefficient (Wildman–Crippen LogP) is 10.1. The molecule has 7 rings (SSSR count). The lowest BCUT2D eigenvalue weighted by Gasteiger charge is -2.08. The Morgan fingerprint density at radius 1 is 0.444 bits per heavy atom. The Morgan fingerprint density at radius 3 is 1.78 bits per heavy atom. The van der Waals surface area contributed by atoms with Gasteiger partial charge in [-0.2, -0.15) is 0 Å². The van der Waals surface area contributed by atoms with Crippen molar-refractivity contribution in [1.82, 2.24) is 9.55 Å². The summed E-state index contributed by atoms with van der Waals surface area (Å²) in [5.74, 6) is 0. The van der Waals surface area contributed by atoms with Crippen molar-refractivity contribution in [2.75, 3.05) is 0 Å². The topological polar surface area (TPSA) is 20.7 Å². The molecule has 0 aliphatic rings. The van der Waals surface area contributed by atoms with E-state index in [0.717, 1.165) is 0 Å². The quantitative estimate of drug-likeness (QED) is 0.260. The van der Waals surface area contributed by atoms with Gasteiger partial charge in [0.05, 0.1) is 11.0 Å². The SMILES string of the molecule is CC.CC.c1ccc(-n2c3ccccc3c3cc(-c4ccc5[nH]c6ccccc6c5c4)ccc32)cc1. The minimum absolute atomic E-state index is 1.18. The number of nitrogens with one attached hydrogen (secondary N) is 1. The molecule has 0 radical (unpaired) electrons. The zero-order valence-corrected chi connectivity index (χ0v) is 21.4. The molecule has 2 heterocycles. The van der Waals surface area contributed by atoms with E-state index in [2.05, 4.69) is 125 Å². The van der Waals surface area contributed by atoms with Crippen LogP contribution in [0, 0.1) is 0 Å². The molecule has 0 saturated carbocycles. The third-order valence-corrected chi connectivity index (χ3v) is 6.53. The summed E-state index contributed by atoms with van der Waals surface area (Å²) in [6.07, 6.45) is 0. The Labute approximate surface area is 212 Å². The van der Waals surface area contributed by atoms with Gasteiger partial charge in [0, 0.05) is 38.3 Å². The third-order valence-electron chi connectivity index (χ3n) is 6.53. The lowest BCUT2D eigenvalue weighted by Crippen LogP contribution is -1.92. The molecule has 0 unspecified atom stereocenters. The summed E-state index contributed by atoms with van der Waals surface area (Å²) in [7, 11) is 0. The molecule has 0 amide bonds. The standard InChI is InChI=1S/C30H20N2.2C2H6/c1-2-8-22(9-3-1)32-29-13-7-5-11-24(29)26-19-21(15-17-30(26)32)20-14-16-28-25(18-20)23-10-4-6-12-27(23)31-28;2*1-2/h1-19,31H;2*1-2H3. The molecule has 2 aromatic heterocycles. The molecule has 2 nitrogen and oxygen atoms in total. The summed E-state index contributed by atoms with van der Waals surface area (Å²) < 4.78 is 2.36.